The minimum Gasteiger partial charge on any atom is -0.454 e. The van der Waals surface area contributed by atoms with E-state index in [-0.39, 0.29) is 17.5 Å². The van der Waals surface area contributed by atoms with Crippen molar-refractivity contribution < 1.29 is 17.9 Å². The number of halogens is 3. The summed E-state index contributed by atoms with van der Waals surface area (Å²) in [5.41, 5.74) is 0.535. The van der Waals surface area contributed by atoms with E-state index >= 15 is 0 Å². The molecule has 5 heteroatoms. The third-order valence-corrected chi connectivity index (χ3v) is 2.84. The van der Waals surface area contributed by atoms with Crippen LogP contribution < -0.4 is 10.1 Å². The van der Waals surface area contributed by atoms with Crippen LogP contribution in [0.1, 0.15) is 19.4 Å². The SMILES string of the molecule is CC(C)NCc1cc(F)ccc1Oc1cc(F)ccc1F. The molecular formula is C16H16F3NO. The van der Waals surface area contributed by atoms with Gasteiger partial charge in [0, 0.05) is 24.2 Å². The highest BCUT2D eigenvalue weighted by Gasteiger charge is 2.11. The van der Waals surface area contributed by atoms with Crippen LogP contribution in [0, 0.1) is 17.5 Å². The first-order chi connectivity index (χ1) is 9.95. The summed E-state index contributed by atoms with van der Waals surface area (Å²) in [5, 5.41) is 3.13. The van der Waals surface area contributed by atoms with Crippen molar-refractivity contribution in [3.05, 3.63) is 59.4 Å². The summed E-state index contributed by atoms with van der Waals surface area (Å²) in [6.07, 6.45) is 0. The van der Waals surface area contributed by atoms with Crippen LogP contribution in [-0.2, 0) is 6.54 Å². The molecule has 0 spiro atoms. The fourth-order valence-electron chi connectivity index (χ4n) is 1.77. The van der Waals surface area contributed by atoms with Crippen LogP contribution in [0.3, 0.4) is 0 Å². The van der Waals surface area contributed by atoms with E-state index in [1.54, 1.807) is 0 Å². The van der Waals surface area contributed by atoms with Gasteiger partial charge in [0.1, 0.15) is 17.4 Å². The molecule has 0 amide bonds. The Bertz CT molecular complexity index is 629. The Morgan fingerprint density at radius 1 is 0.952 bits per heavy atom. The third-order valence-electron chi connectivity index (χ3n) is 2.84. The van der Waals surface area contributed by atoms with Crippen LogP contribution in [0.4, 0.5) is 13.2 Å². The highest BCUT2D eigenvalue weighted by Crippen LogP contribution is 2.28. The minimum atomic E-state index is -0.677. The number of nitrogens with one attached hydrogen (secondary N) is 1. The molecule has 21 heavy (non-hydrogen) atoms. The third kappa shape index (κ3) is 4.23. The number of rotatable bonds is 5. The van der Waals surface area contributed by atoms with Crippen molar-refractivity contribution in [1.29, 1.82) is 0 Å². The van der Waals surface area contributed by atoms with Gasteiger partial charge in [-0.15, -0.1) is 0 Å². The van der Waals surface area contributed by atoms with E-state index < -0.39 is 17.5 Å². The van der Waals surface area contributed by atoms with E-state index in [0.717, 1.165) is 18.2 Å². The summed E-state index contributed by atoms with van der Waals surface area (Å²) >= 11 is 0. The van der Waals surface area contributed by atoms with Crippen LogP contribution in [0.15, 0.2) is 36.4 Å². The van der Waals surface area contributed by atoms with Gasteiger partial charge in [-0.3, -0.25) is 0 Å². The largest absolute Gasteiger partial charge is 0.454 e. The van der Waals surface area contributed by atoms with Gasteiger partial charge in [-0.2, -0.15) is 0 Å². The summed E-state index contributed by atoms with van der Waals surface area (Å²) in [4.78, 5) is 0. The zero-order valence-corrected chi connectivity index (χ0v) is 11.8. The number of benzene rings is 2. The second-order valence-electron chi connectivity index (χ2n) is 4.96. The monoisotopic (exact) mass is 295 g/mol. The molecule has 0 heterocycles. The van der Waals surface area contributed by atoms with Crippen molar-refractivity contribution in [3.8, 4) is 11.5 Å². The summed E-state index contributed by atoms with van der Waals surface area (Å²) < 4.78 is 45.5. The summed E-state index contributed by atoms with van der Waals surface area (Å²) in [7, 11) is 0. The van der Waals surface area contributed by atoms with E-state index in [2.05, 4.69) is 5.32 Å². The topological polar surface area (TPSA) is 21.3 Å². The smallest absolute Gasteiger partial charge is 0.165 e. The minimum absolute atomic E-state index is 0.201. The molecule has 1 N–H and O–H groups in total. The molecule has 2 nitrogen and oxygen atoms in total. The molecule has 0 saturated carbocycles. The second-order valence-corrected chi connectivity index (χ2v) is 4.96. The maximum Gasteiger partial charge on any atom is 0.165 e. The Hall–Kier alpha value is -2.01. The molecule has 0 aliphatic carbocycles. The summed E-state index contributed by atoms with van der Waals surface area (Å²) in [6.45, 7) is 4.26. The first-order valence-electron chi connectivity index (χ1n) is 6.60. The van der Waals surface area contributed by atoms with Crippen molar-refractivity contribution in [3.63, 3.8) is 0 Å². The molecule has 0 radical (unpaired) electrons. The molecule has 0 bridgehead atoms. The van der Waals surface area contributed by atoms with Crippen molar-refractivity contribution >= 4 is 0 Å². The normalized spacial score (nSPS) is 11.0. The molecule has 0 unspecified atom stereocenters. The first-order valence-corrected chi connectivity index (χ1v) is 6.60. The predicted octanol–water partition coefficient (Wildman–Crippen LogP) is 4.39. The molecule has 0 atom stereocenters. The highest BCUT2D eigenvalue weighted by atomic mass is 19.1. The fraction of sp³-hybridized carbons (Fsp3) is 0.250. The first kappa shape index (κ1) is 15.4. The quantitative estimate of drug-likeness (QED) is 0.883. The van der Waals surface area contributed by atoms with Crippen LogP contribution in [0.2, 0.25) is 0 Å². The van der Waals surface area contributed by atoms with Crippen molar-refractivity contribution in [2.45, 2.75) is 26.4 Å². The molecule has 0 aliphatic heterocycles. The van der Waals surface area contributed by atoms with E-state index in [4.69, 9.17) is 4.74 Å². The van der Waals surface area contributed by atoms with E-state index in [9.17, 15) is 13.2 Å². The van der Waals surface area contributed by atoms with E-state index in [1.165, 1.54) is 18.2 Å². The molecule has 112 valence electrons. The Morgan fingerprint density at radius 3 is 2.33 bits per heavy atom. The van der Waals surface area contributed by atoms with Crippen molar-refractivity contribution in [2.75, 3.05) is 0 Å². The lowest BCUT2D eigenvalue weighted by Gasteiger charge is -2.14. The summed E-state index contributed by atoms with van der Waals surface area (Å²) in [5.74, 6) is -1.64. The molecular weight excluding hydrogens is 279 g/mol. The zero-order chi connectivity index (χ0) is 15.4. The summed E-state index contributed by atoms with van der Waals surface area (Å²) in [6, 6.07) is 7.07. The van der Waals surface area contributed by atoms with Crippen molar-refractivity contribution in [1.82, 2.24) is 5.32 Å². The number of hydrogen-bond donors (Lipinski definition) is 1. The predicted molar refractivity (Wildman–Crippen MR) is 74.8 cm³/mol. The Balaban J connectivity index is 2.28. The zero-order valence-electron chi connectivity index (χ0n) is 11.8. The second kappa shape index (κ2) is 6.63. The van der Waals surface area contributed by atoms with Crippen LogP contribution in [0.5, 0.6) is 11.5 Å². The van der Waals surface area contributed by atoms with Gasteiger partial charge in [0.2, 0.25) is 0 Å². The molecule has 0 aromatic heterocycles. The van der Waals surface area contributed by atoms with Gasteiger partial charge in [-0.25, -0.2) is 13.2 Å². The van der Waals surface area contributed by atoms with Crippen LogP contribution >= 0.6 is 0 Å². The Morgan fingerprint density at radius 2 is 1.62 bits per heavy atom. The van der Waals surface area contributed by atoms with E-state index in [1.807, 2.05) is 13.8 Å². The van der Waals surface area contributed by atoms with Gasteiger partial charge in [0.15, 0.2) is 11.6 Å². The molecule has 0 aliphatic rings. The molecule has 2 rings (SSSR count). The van der Waals surface area contributed by atoms with Crippen LogP contribution in [-0.4, -0.2) is 6.04 Å². The van der Waals surface area contributed by atoms with Gasteiger partial charge < -0.3 is 10.1 Å². The number of hydrogen-bond acceptors (Lipinski definition) is 2. The van der Waals surface area contributed by atoms with Gasteiger partial charge in [-0.1, -0.05) is 13.8 Å². The lowest BCUT2D eigenvalue weighted by atomic mass is 10.2. The van der Waals surface area contributed by atoms with Crippen molar-refractivity contribution in [2.24, 2.45) is 0 Å². The highest BCUT2D eigenvalue weighted by molar-refractivity contribution is 5.38. The Kier molecular flexibility index (Phi) is 4.85. The van der Waals surface area contributed by atoms with Gasteiger partial charge in [-0.05, 0) is 30.3 Å². The Labute approximate surface area is 121 Å². The van der Waals surface area contributed by atoms with Gasteiger partial charge >= 0.3 is 0 Å². The molecule has 0 saturated heterocycles. The molecule has 0 fully saturated rings. The van der Waals surface area contributed by atoms with Gasteiger partial charge in [0.05, 0.1) is 0 Å². The average Bonchev–Trinajstić information content (AvgIpc) is 2.43. The lowest BCUT2D eigenvalue weighted by molar-refractivity contribution is 0.427. The maximum absolute atomic E-state index is 13.6. The lowest BCUT2D eigenvalue weighted by Crippen LogP contribution is -2.22. The average molecular weight is 295 g/mol. The van der Waals surface area contributed by atoms with Crippen LogP contribution in [0.25, 0.3) is 0 Å². The molecule has 2 aromatic carbocycles. The standard InChI is InChI=1S/C16H16F3NO/c1-10(2)20-9-11-7-12(17)4-6-15(11)21-16-8-13(18)3-5-14(16)19/h3-8,10,20H,9H2,1-2H3. The van der Waals surface area contributed by atoms with E-state index in [0.29, 0.717) is 12.1 Å². The maximum atomic E-state index is 13.6. The fourth-order valence-corrected chi connectivity index (χ4v) is 1.77. The van der Waals surface area contributed by atoms with Gasteiger partial charge in [0.25, 0.3) is 0 Å². The number of ether oxygens (including phenoxy) is 1. The molecule has 2 aromatic rings.